The molecule has 0 unspecified atom stereocenters. The van der Waals surface area contributed by atoms with Gasteiger partial charge in [-0.25, -0.2) is 4.79 Å². The zero-order chi connectivity index (χ0) is 18.9. The minimum Gasteiger partial charge on any atom is -0.378 e. The van der Waals surface area contributed by atoms with Crippen molar-refractivity contribution in [2.24, 2.45) is 5.73 Å². The molecule has 0 radical (unpaired) electrons. The number of nitrogens with two attached hydrogens (primary N) is 1. The molecule has 1 aliphatic heterocycles. The summed E-state index contributed by atoms with van der Waals surface area (Å²) in [6.45, 7) is 6.38. The van der Waals surface area contributed by atoms with Gasteiger partial charge in [0.05, 0.1) is 17.4 Å². The normalized spacial score (nSPS) is 14.6. The average Bonchev–Trinajstić information content (AvgIpc) is 2.62. The van der Waals surface area contributed by atoms with Crippen LogP contribution >= 0.6 is 12.4 Å². The largest absolute Gasteiger partial charge is 0.378 e. The summed E-state index contributed by atoms with van der Waals surface area (Å²) in [5, 5.41) is 5.54. The Kier molecular flexibility index (Phi) is 10.1. The van der Waals surface area contributed by atoms with Crippen molar-refractivity contribution in [1.29, 1.82) is 0 Å². The molecule has 0 atom stereocenters. The number of nitrogens with one attached hydrogen (secondary N) is 2. The van der Waals surface area contributed by atoms with Crippen LogP contribution in [0.25, 0.3) is 0 Å². The SMILES string of the molecule is CC(C)NC(=O)Nc1ccccc1C(=O)N1CCC(OCCCN)CC1.Cl. The van der Waals surface area contributed by atoms with Crippen LogP contribution in [0, 0.1) is 0 Å². The lowest BCUT2D eigenvalue weighted by molar-refractivity contribution is 0.00847. The number of ether oxygens (including phenoxy) is 1. The molecule has 1 aromatic rings. The molecule has 0 saturated carbocycles. The molecule has 0 aromatic heterocycles. The maximum absolute atomic E-state index is 12.9. The molecule has 1 aliphatic rings. The predicted molar refractivity (Wildman–Crippen MR) is 110 cm³/mol. The number of nitrogens with zero attached hydrogens (tertiary/aromatic N) is 1. The van der Waals surface area contributed by atoms with E-state index in [1.54, 1.807) is 24.3 Å². The number of likely N-dealkylation sites (tertiary alicyclic amines) is 1. The van der Waals surface area contributed by atoms with Gasteiger partial charge in [0, 0.05) is 25.7 Å². The van der Waals surface area contributed by atoms with Crippen LogP contribution in [0.4, 0.5) is 10.5 Å². The molecule has 1 heterocycles. The van der Waals surface area contributed by atoms with Crippen molar-refractivity contribution >= 4 is 30.0 Å². The Morgan fingerprint density at radius 3 is 2.56 bits per heavy atom. The maximum atomic E-state index is 12.9. The van der Waals surface area contributed by atoms with Gasteiger partial charge in [-0.05, 0) is 51.8 Å². The summed E-state index contributed by atoms with van der Waals surface area (Å²) in [4.78, 5) is 26.7. The molecule has 2 rings (SSSR count). The topological polar surface area (TPSA) is 96.7 Å². The summed E-state index contributed by atoms with van der Waals surface area (Å²) >= 11 is 0. The molecule has 4 N–H and O–H groups in total. The van der Waals surface area contributed by atoms with E-state index in [0.717, 1.165) is 19.3 Å². The van der Waals surface area contributed by atoms with E-state index in [-0.39, 0.29) is 36.5 Å². The minimum absolute atomic E-state index is 0. The number of para-hydroxylation sites is 1. The second kappa shape index (κ2) is 11.8. The van der Waals surface area contributed by atoms with Crippen molar-refractivity contribution in [3.63, 3.8) is 0 Å². The van der Waals surface area contributed by atoms with E-state index in [9.17, 15) is 9.59 Å². The van der Waals surface area contributed by atoms with Gasteiger partial charge in [-0.3, -0.25) is 4.79 Å². The second-order valence-electron chi connectivity index (χ2n) is 6.80. The van der Waals surface area contributed by atoms with Crippen molar-refractivity contribution < 1.29 is 14.3 Å². The van der Waals surface area contributed by atoms with Gasteiger partial charge in [0.2, 0.25) is 0 Å². The van der Waals surface area contributed by atoms with Crippen molar-refractivity contribution in [2.75, 3.05) is 31.6 Å². The van der Waals surface area contributed by atoms with Gasteiger partial charge in [0.15, 0.2) is 0 Å². The van der Waals surface area contributed by atoms with E-state index < -0.39 is 0 Å². The first-order chi connectivity index (χ1) is 12.5. The Balaban J connectivity index is 0.00000364. The average molecular weight is 399 g/mol. The van der Waals surface area contributed by atoms with E-state index in [1.807, 2.05) is 18.7 Å². The number of halogens is 1. The molecule has 0 aliphatic carbocycles. The predicted octanol–water partition coefficient (Wildman–Crippen LogP) is 2.61. The fraction of sp³-hybridized carbons (Fsp3) is 0.579. The molecule has 0 bridgehead atoms. The van der Waals surface area contributed by atoms with Crippen LogP contribution in [-0.2, 0) is 4.74 Å². The van der Waals surface area contributed by atoms with Crippen molar-refractivity contribution in [2.45, 2.75) is 45.3 Å². The van der Waals surface area contributed by atoms with Gasteiger partial charge < -0.3 is 26.0 Å². The highest BCUT2D eigenvalue weighted by molar-refractivity contribution is 6.03. The highest BCUT2D eigenvalue weighted by Gasteiger charge is 2.25. The lowest BCUT2D eigenvalue weighted by Gasteiger charge is -2.32. The highest BCUT2D eigenvalue weighted by Crippen LogP contribution is 2.21. The van der Waals surface area contributed by atoms with E-state index in [0.29, 0.717) is 37.5 Å². The first kappa shape index (κ1) is 23.2. The monoisotopic (exact) mass is 398 g/mol. The standard InChI is InChI=1S/C19H30N4O3.ClH/c1-14(2)21-19(25)22-17-7-4-3-6-16(17)18(24)23-11-8-15(9-12-23)26-13-5-10-20;/h3-4,6-7,14-15H,5,8-13,20H2,1-2H3,(H2,21,22,25);1H. The van der Waals surface area contributed by atoms with Gasteiger partial charge in [0.25, 0.3) is 5.91 Å². The van der Waals surface area contributed by atoms with Crippen LogP contribution in [0.1, 0.15) is 43.5 Å². The Hall–Kier alpha value is -1.83. The molecular formula is C19H31ClN4O3. The minimum atomic E-state index is -0.313. The molecule has 152 valence electrons. The van der Waals surface area contributed by atoms with Crippen molar-refractivity contribution in [1.82, 2.24) is 10.2 Å². The number of rotatable bonds is 7. The summed E-state index contributed by atoms with van der Waals surface area (Å²) < 4.78 is 5.79. The Labute approximate surface area is 167 Å². The van der Waals surface area contributed by atoms with Crippen LogP contribution < -0.4 is 16.4 Å². The number of urea groups is 1. The van der Waals surface area contributed by atoms with E-state index in [1.165, 1.54) is 0 Å². The zero-order valence-electron chi connectivity index (χ0n) is 16.1. The second-order valence-corrected chi connectivity index (χ2v) is 6.80. The van der Waals surface area contributed by atoms with Gasteiger partial charge >= 0.3 is 6.03 Å². The number of hydrogen-bond acceptors (Lipinski definition) is 4. The number of anilines is 1. The van der Waals surface area contributed by atoms with E-state index in [2.05, 4.69) is 10.6 Å². The van der Waals surface area contributed by atoms with Gasteiger partial charge in [-0.15, -0.1) is 12.4 Å². The number of amides is 3. The lowest BCUT2D eigenvalue weighted by atomic mass is 10.1. The van der Waals surface area contributed by atoms with Crippen molar-refractivity contribution in [3.8, 4) is 0 Å². The summed E-state index contributed by atoms with van der Waals surface area (Å²) in [7, 11) is 0. The first-order valence-corrected chi connectivity index (χ1v) is 9.28. The molecule has 1 fully saturated rings. The number of carbonyl (C=O) groups is 2. The summed E-state index contributed by atoms with van der Waals surface area (Å²) in [5.41, 5.74) is 6.51. The first-order valence-electron chi connectivity index (χ1n) is 9.28. The number of benzene rings is 1. The van der Waals surface area contributed by atoms with Gasteiger partial charge in [0.1, 0.15) is 0 Å². The van der Waals surface area contributed by atoms with E-state index >= 15 is 0 Å². The molecule has 1 saturated heterocycles. The van der Waals surface area contributed by atoms with Crippen LogP contribution in [-0.4, -0.2) is 55.2 Å². The van der Waals surface area contributed by atoms with Crippen LogP contribution in [0.2, 0.25) is 0 Å². The third-order valence-electron chi connectivity index (χ3n) is 4.26. The molecule has 1 aromatic carbocycles. The van der Waals surface area contributed by atoms with Crippen LogP contribution in [0.5, 0.6) is 0 Å². The van der Waals surface area contributed by atoms with Gasteiger partial charge in [-0.1, -0.05) is 12.1 Å². The maximum Gasteiger partial charge on any atom is 0.319 e. The van der Waals surface area contributed by atoms with Crippen LogP contribution in [0.15, 0.2) is 24.3 Å². The quantitative estimate of drug-likeness (QED) is 0.615. The van der Waals surface area contributed by atoms with Crippen molar-refractivity contribution in [3.05, 3.63) is 29.8 Å². The van der Waals surface area contributed by atoms with Crippen LogP contribution in [0.3, 0.4) is 0 Å². The molecule has 0 spiro atoms. The summed E-state index contributed by atoms with van der Waals surface area (Å²) in [6, 6.07) is 6.82. The third kappa shape index (κ3) is 7.36. The summed E-state index contributed by atoms with van der Waals surface area (Å²) in [6.07, 6.45) is 2.69. The molecule has 3 amide bonds. The fourth-order valence-corrected chi connectivity index (χ4v) is 2.93. The van der Waals surface area contributed by atoms with Gasteiger partial charge in [-0.2, -0.15) is 0 Å². The third-order valence-corrected chi connectivity index (χ3v) is 4.26. The highest BCUT2D eigenvalue weighted by atomic mass is 35.5. The fourth-order valence-electron chi connectivity index (χ4n) is 2.93. The van der Waals surface area contributed by atoms with E-state index in [4.69, 9.17) is 10.5 Å². The Morgan fingerprint density at radius 1 is 1.26 bits per heavy atom. The zero-order valence-corrected chi connectivity index (χ0v) is 16.9. The molecule has 27 heavy (non-hydrogen) atoms. The molecular weight excluding hydrogens is 368 g/mol. The molecule has 7 nitrogen and oxygen atoms in total. The Bertz CT molecular complexity index is 604. The number of carbonyl (C=O) groups excluding carboxylic acids is 2. The smallest absolute Gasteiger partial charge is 0.319 e. The molecule has 8 heteroatoms. The number of piperidine rings is 1. The summed E-state index contributed by atoms with van der Waals surface area (Å²) in [5.74, 6) is -0.0640. The Morgan fingerprint density at radius 2 is 1.93 bits per heavy atom. The number of hydrogen-bond donors (Lipinski definition) is 3. The lowest BCUT2D eigenvalue weighted by Crippen LogP contribution is -2.41.